The topological polar surface area (TPSA) is 55.6 Å². The zero-order valence-electron chi connectivity index (χ0n) is 14.4. The van der Waals surface area contributed by atoms with E-state index in [9.17, 15) is 4.79 Å². The van der Waals surface area contributed by atoms with Gasteiger partial charge in [-0.2, -0.15) is 11.8 Å². The second-order valence-electron chi connectivity index (χ2n) is 6.30. The van der Waals surface area contributed by atoms with Crippen molar-refractivity contribution in [1.29, 1.82) is 0 Å². The molecule has 1 atom stereocenters. The summed E-state index contributed by atoms with van der Waals surface area (Å²) in [4.78, 5) is 14.2. The number of aryl methyl sites for hydroxylation is 2. The van der Waals surface area contributed by atoms with Gasteiger partial charge in [-0.3, -0.25) is 4.79 Å². The van der Waals surface area contributed by atoms with Crippen molar-refractivity contribution in [1.82, 2.24) is 4.90 Å². The van der Waals surface area contributed by atoms with Crippen LogP contribution < -0.4 is 10.5 Å². The number of amides is 1. The number of thioether (sulfide) groups is 1. The maximum absolute atomic E-state index is 12.3. The van der Waals surface area contributed by atoms with Crippen molar-refractivity contribution in [2.24, 2.45) is 5.73 Å². The zero-order chi connectivity index (χ0) is 16.8. The summed E-state index contributed by atoms with van der Waals surface area (Å²) < 4.78 is 6.15. The number of benzene rings is 1. The number of nitrogens with two attached hydrogens (primary N) is 1. The Morgan fingerprint density at radius 2 is 2.09 bits per heavy atom. The van der Waals surface area contributed by atoms with Crippen molar-refractivity contribution in [3.05, 3.63) is 29.3 Å². The van der Waals surface area contributed by atoms with Gasteiger partial charge in [0.1, 0.15) is 11.9 Å². The molecule has 0 saturated carbocycles. The summed E-state index contributed by atoms with van der Waals surface area (Å²) in [6.45, 7) is 5.62. The highest BCUT2D eigenvalue weighted by molar-refractivity contribution is 7.98. The summed E-state index contributed by atoms with van der Waals surface area (Å²) in [6, 6.07) is 5.91. The third-order valence-corrected chi connectivity index (χ3v) is 4.99. The van der Waals surface area contributed by atoms with Crippen molar-refractivity contribution >= 4 is 17.7 Å². The first kappa shape index (κ1) is 18.1. The lowest BCUT2D eigenvalue weighted by Crippen LogP contribution is -2.48. The van der Waals surface area contributed by atoms with Crippen molar-refractivity contribution in [2.45, 2.75) is 45.3 Å². The Hall–Kier alpha value is -1.20. The number of hydrogen-bond donors (Lipinski definition) is 1. The van der Waals surface area contributed by atoms with Gasteiger partial charge in [-0.1, -0.05) is 12.1 Å². The van der Waals surface area contributed by atoms with Crippen LogP contribution in [0.2, 0.25) is 0 Å². The molecule has 0 aliphatic carbocycles. The Morgan fingerprint density at radius 1 is 1.39 bits per heavy atom. The van der Waals surface area contributed by atoms with Gasteiger partial charge in [-0.15, -0.1) is 0 Å². The van der Waals surface area contributed by atoms with Crippen molar-refractivity contribution in [3.8, 4) is 5.75 Å². The minimum Gasteiger partial charge on any atom is -0.490 e. The van der Waals surface area contributed by atoms with Gasteiger partial charge < -0.3 is 15.4 Å². The standard InChI is InChI=1S/C18H28N2O2S/c1-13-4-5-14(2)17(12-13)22-15-6-9-20(10-7-15)18(21)16(19)8-11-23-3/h4-5,12,15-16H,6-11,19H2,1-3H3/t16-/m1/s1. The summed E-state index contributed by atoms with van der Waals surface area (Å²) in [5.41, 5.74) is 8.36. The second kappa shape index (κ2) is 8.60. The lowest BCUT2D eigenvalue weighted by atomic mass is 10.1. The highest BCUT2D eigenvalue weighted by atomic mass is 32.2. The number of piperidine rings is 1. The summed E-state index contributed by atoms with van der Waals surface area (Å²) in [5.74, 6) is 1.98. The first-order valence-electron chi connectivity index (χ1n) is 8.28. The first-order valence-corrected chi connectivity index (χ1v) is 9.68. The largest absolute Gasteiger partial charge is 0.490 e. The Balaban J connectivity index is 1.84. The summed E-state index contributed by atoms with van der Waals surface area (Å²) in [7, 11) is 0. The predicted molar refractivity (Wildman–Crippen MR) is 97.1 cm³/mol. The van der Waals surface area contributed by atoms with E-state index in [2.05, 4.69) is 32.0 Å². The van der Waals surface area contributed by atoms with E-state index in [1.54, 1.807) is 11.8 Å². The maximum atomic E-state index is 12.3. The number of nitrogens with zero attached hydrogens (tertiary/aromatic N) is 1. The van der Waals surface area contributed by atoms with Crippen molar-refractivity contribution in [3.63, 3.8) is 0 Å². The molecule has 1 aromatic carbocycles. The minimum absolute atomic E-state index is 0.0873. The molecule has 1 saturated heterocycles. The summed E-state index contributed by atoms with van der Waals surface area (Å²) in [5, 5.41) is 0. The van der Waals surface area contributed by atoms with E-state index in [1.165, 1.54) is 5.56 Å². The minimum atomic E-state index is -0.362. The molecule has 2 rings (SSSR count). The van der Waals surface area contributed by atoms with Crippen LogP contribution in [0.3, 0.4) is 0 Å². The average Bonchev–Trinajstić information content (AvgIpc) is 2.56. The molecule has 1 aliphatic rings. The molecule has 0 unspecified atom stereocenters. The van der Waals surface area contributed by atoms with E-state index in [-0.39, 0.29) is 18.1 Å². The molecule has 0 radical (unpaired) electrons. The molecular formula is C18H28N2O2S. The van der Waals surface area contributed by atoms with E-state index >= 15 is 0 Å². The molecule has 1 heterocycles. The molecule has 5 heteroatoms. The van der Waals surface area contributed by atoms with Crippen LogP contribution in [0.4, 0.5) is 0 Å². The van der Waals surface area contributed by atoms with Gasteiger partial charge in [-0.25, -0.2) is 0 Å². The van der Waals surface area contributed by atoms with E-state index in [1.807, 2.05) is 11.2 Å². The van der Waals surface area contributed by atoms with E-state index < -0.39 is 0 Å². The van der Waals surface area contributed by atoms with Crippen molar-refractivity contribution < 1.29 is 9.53 Å². The first-order chi connectivity index (χ1) is 11.0. The zero-order valence-corrected chi connectivity index (χ0v) is 15.2. The lowest BCUT2D eigenvalue weighted by Gasteiger charge is -2.34. The number of hydrogen-bond acceptors (Lipinski definition) is 4. The number of ether oxygens (including phenoxy) is 1. The van der Waals surface area contributed by atoms with Crippen LogP contribution in [0, 0.1) is 13.8 Å². The number of likely N-dealkylation sites (tertiary alicyclic amines) is 1. The fourth-order valence-electron chi connectivity index (χ4n) is 2.81. The predicted octanol–water partition coefficient (Wildman–Crippen LogP) is 2.75. The van der Waals surface area contributed by atoms with Gasteiger partial charge >= 0.3 is 0 Å². The molecule has 0 bridgehead atoms. The Kier molecular flexibility index (Phi) is 6.78. The quantitative estimate of drug-likeness (QED) is 0.868. The molecule has 2 N–H and O–H groups in total. The SMILES string of the molecule is CSCC[C@@H](N)C(=O)N1CCC(Oc2cc(C)ccc2C)CC1. The number of carbonyl (C=O) groups excluding carboxylic acids is 1. The lowest BCUT2D eigenvalue weighted by molar-refractivity contribution is -0.134. The van der Waals surface area contributed by atoms with Crippen LogP contribution >= 0.6 is 11.8 Å². The van der Waals surface area contributed by atoms with Gasteiger partial charge in [0.05, 0.1) is 6.04 Å². The Morgan fingerprint density at radius 3 is 2.74 bits per heavy atom. The molecule has 1 fully saturated rings. The monoisotopic (exact) mass is 336 g/mol. The van der Waals surface area contributed by atoms with Gasteiger partial charge in [-0.05, 0) is 49.5 Å². The Labute approximate surface area is 143 Å². The van der Waals surface area contributed by atoms with E-state index in [4.69, 9.17) is 10.5 Å². The van der Waals surface area contributed by atoms with Crippen molar-refractivity contribution in [2.75, 3.05) is 25.1 Å². The third-order valence-electron chi connectivity index (χ3n) is 4.34. The van der Waals surface area contributed by atoms with E-state index in [0.29, 0.717) is 0 Å². The van der Waals surface area contributed by atoms with Gasteiger partial charge in [0.2, 0.25) is 5.91 Å². The fraction of sp³-hybridized carbons (Fsp3) is 0.611. The highest BCUT2D eigenvalue weighted by Gasteiger charge is 2.27. The highest BCUT2D eigenvalue weighted by Crippen LogP contribution is 2.24. The van der Waals surface area contributed by atoms with Crippen LogP contribution in [0.5, 0.6) is 5.75 Å². The molecule has 128 valence electrons. The second-order valence-corrected chi connectivity index (χ2v) is 7.29. The number of carbonyl (C=O) groups is 1. The van der Waals surface area contributed by atoms with Crippen LogP contribution in [0.15, 0.2) is 18.2 Å². The van der Waals surface area contributed by atoms with Crippen LogP contribution in [0.25, 0.3) is 0 Å². The van der Waals surface area contributed by atoms with Gasteiger partial charge in [0, 0.05) is 25.9 Å². The van der Waals surface area contributed by atoms with Crippen LogP contribution in [-0.4, -0.2) is 48.1 Å². The maximum Gasteiger partial charge on any atom is 0.239 e. The third kappa shape index (κ3) is 5.15. The number of rotatable bonds is 6. The molecule has 4 nitrogen and oxygen atoms in total. The normalized spacial score (nSPS) is 17.1. The Bertz CT molecular complexity index is 528. The summed E-state index contributed by atoms with van der Waals surface area (Å²) >= 11 is 1.73. The molecule has 23 heavy (non-hydrogen) atoms. The molecule has 1 amide bonds. The van der Waals surface area contributed by atoms with Crippen LogP contribution in [-0.2, 0) is 4.79 Å². The molecule has 0 spiro atoms. The fourth-order valence-corrected chi connectivity index (χ4v) is 3.30. The van der Waals surface area contributed by atoms with Gasteiger partial charge in [0.15, 0.2) is 0 Å². The van der Waals surface area contributed by atoms with Crippen LogP contribution in [0.1, 0.15) is 30.4 Å². The van der Waals surface area contributed by atoms with Gasteiger partial charge in [0.25, 0.3) is 0 Å². The molecule has 1 aromatic rings. The molecule has 0 aromatic heterocycles. The van der Waals surface area contributed by atoms with E-state index in [0.717, 1.165) is 49.4 Å². The smallest absolute Gasteiger partial charge is 0.239 e. The molecular weight excluding hydrogens is 308 g/mol. The molecule has 1 aliphatic heterocycles. The average molecular weight is 337 g/mol. The summed E-state index contributed by atoms with van der Waals surface area (Å²) in [6.07, 6.45) is 4.71.